The minimum atomic E-state index is 0.629. The normalized spacial score (nSPS) is 10.7. The van der Waals surface area contributed by atoms with Gasteiger partial charge in [-0.15, -0.1) is 0 Å². The highest BCUT2D eigenvalue weighted by atomic mass is 35.5. The molecule has 3 rings (SSSR count). The maximum absolute atomic E-state index is 5.97. The lowest BCUT2D eigenvalue weighted by Crippen LogP contribution is -2.05. The van der Waals surface area contributed by atoms with Crippen LogP contribution in [0, 0.1) is 6.92 Å². The Labute approximate surface area is 122 Å². The summed E-state index contributed by atoms with van der Waals surface area (Å²) in [5.74, 6) is 0. The molecule has 0 aliphatic rings. The number of hydrogen-bond acceptors (Lipinski definition) is 3. The van der Waals surface area contributed by atoms with E-state index in [0.29, 0.717) is 6.54 Å². The molecule has 3 nitrogen and oxygen atoms in total. The lowest BCUT2D eigenvalue weighted by Gasteiger charge is -2.09. The van der Waals surface area contributed by atoms with Gasteiger partial charge in [0, 0.05) is 10.7 Å². The third-order valence-electron chi connectivity index (χ3n) is 3.13. The van der Waals surface area contributed by atoms with Gasteiger partial charge in [-0.2, -0.15) is 0 Å². The maximum atomic E-state index is 5.97. The van der Waals surface area contributed by atoms with Crippen molar-refractivity contribution < 1.29 is 0 Å². The zero-order valence-electron chi connectivity index (χ0n) is 11.1. The van der Waals surface area contributed by atoms with Gasteiger partial charge in [0.05, 0.1) is 29.0 Å². The zero-order valence-corrected chi connectivity index (χ0v) is 11.9. The molecule has 1 N–H and O–H groups in total. The van der Waals surface area contributed by atoms with Crippen LogP contribution in [0.15, 0.2) is 48.5 Å². The highest BCUT2D eigenvalue weighted by molar-refractivity contribution is 6.30. The number of benzene rings is 2. The van der Waals surface area contributed by atoms with Gasteiger partial charge in [-0.25, -0.2) is 9.97 Å². The van der Waals surface area contributed by atoms with Crippen molar-refractivity contribution in [3.63, 3.8) is 0 Å². The van der Waals surface area contributed by atoms with E-state index in [4.69, 9.17) is 11.6 Å². The summed E-state index contributed by atoms with van der Waals surface area (Å²) in [6, 6.07) is 15.5. The predicted octanol–water partition coefficient (Wildman–Crippen LogP) is 4.20. The van der Waals surface area contributed by atoms with Crippen molar-refractivity contribution in [1.82, 2.24) is 9.97 Å². The summed E-state index contributed by atoms with van der Waals surface area (Å²) >= 11 is 5.97. The molecule has 1 aromatic heterocycles. The van der Waals surface area contributed by atoms with Crippen LogP contribution in [-0.4, -0.2) is 9.97 Å². The molecule has 0 spiro atoms. The molecule has 20 heavy (non-hydrogen) atoms. The van der Waals surface area contributed by atoms with Crippen LogP contribution in [0.25, 0.3) is 11.0 Å². The van der Waals surface area contributed by atoms with Crippen LogP contribution in [0.3, 0.4) is 0 Å². The molecular formula is C16H14ClN3. The Balaban J connectivity index is 1.85. The van der Waals surface area contributed by atoms with E-state index in [-0.39, 0.29) is 0 Å². The number of hydrogen-bond donors (Lipinski definition) is 1. The molecule has 1 heterocycles. The SMILES string of the molecule is Cc1nc2ccccc2nc1CNc1cccc(Cl)c1. The molecule has 0 saturated heterocycles. The lowest BCUT2D eigenvalue weighted by atomic mass is 10.2. The number of aryl methyl sites for hydroxylation is 1. The van der Waals surface area contributed by atoms with E-state index in [0.717, 1.165) is 33.1 Å². The van der Waals surface area contributed by atoms with E-state index < -0.39 is 0 Å². The van der Waals surface area contributed by atoms with Gasteiger partial charge in [-0.1, -0.05) is 29.8 Å². The van der Waals surface area contributed by atoms with Gasteiger partial charge < -0.3 is 5.32 Å². The van der Waals surface area contributed by atoms with Crippen LogP contribution in [0.4, 0.5) is 5.69 Å². The highest BCUT2D eigenvalue weighted by Crippen LogP contribution is 2.17. The van der Waals surface area contributed by atoms with Crippen LogP contribution in [0.1, 0.15) is 11.4 Å². The number of halogens is 1. The first-order chi connectivity index (χ1) is 9.72. The second kappa shape index (κ2) is 5.47. The van der Waals surface area contributed by atoms with Gasteiger partial charge in [-0.05, 0) is 37.3 Å². The molecule has 0 bridgehead atoms. The van der Waals surface area contributed by atoms with E-state index >= 15 is 0 Å². The number of fused-ring (bicyclic) bond motifs is 1. The van der Waals surface area contributed by atoms with Crippen molar-refractivity contribution in [1.29, 1.82) is 0 Å². The minimum absolute atomic E-state index is 0.629. The molecule has 2 aromatic carbocycles. The van der Waals surface area contributed by atoms with Crippen molar-refractivity contribution in [2.24, 2.45) is 0 Å². The Kier molecular flexibility index (Phi) is 3.52. The van der Waals surface area contributed by atoms with Crippen molar-refractivity contribution >= 4 is 28.3 Å². The van der Waals surface area contributed by atoms with E-state index in [2.05, 4.69) is 15.3 Å². The van der Waals surface area contributed by atoms with Crippen LogP contribution in [-0.2, 0) is 6.54 Å². The van der Waals surface area contributed by atoms with Crippen molar-refractivity contribution in [3.05, 3.63) is 64.9 Å². The highest BCUT2D eigenvalue weighted by Gasteiger charge is 2.04. The van der Waals surface area contributed by atoms with Crippen LogP contribution in [0.2, 0.25) is 5.02 Å². The van der Waals surface area contributed by atoms with Gasteiger partial charge in [-0.3, -0.25) is 0 Å². The van der Waals surface area contributed by atoms with Crippen molar-refractivity contribution in [3.8, 4) is 0 Å². The minimum Gasteiger partial charge on any atom is -0.379 e. The summed E-state index contributed by atoms with van der Waals surface area (Å²) in [7, 11) is 0. The third-order valence-corrected chi connectivity index (χ3v) is 3.36. The maximum Gasteiger partial charge on any atom is 0.0891 e. The summed E-state index contributed by atoms with van der Waals surface area (Å²) in [4.78, 5) is 9.23. The monoisotopic (exact) mass is 283 g/mol. The number of para-hydroxylation sites is 2. The fourth-order valence-electron chi connectivity index (χ4n) is 2.08. The number of nitrogens with zero attached hydrogens (tertiary/aromatic N) is 2. The first kappa shape index (κ1) is 12.9. The largest absolute Gasteiger partial charge is 0.379 e. The van der Waals surface area contributed by atoms with Gasteiger partial charge in [0.25, 0.3) is 0 Å². The predicted molar refractivity (Wildman–Crippen MR) is 83.1 cm³/mol. The Morgan fingerprint density at radius 1 is 1.00 bits per heavy atom. The van der Waals surface area contributed by atoms with Crippen LogP contribution in [0.5, 0.6) is 0 Å². The molecule has 0 unspecified atom stereocenters. The molecule has 0 radical (unpaired) electrons. The molecule has 0 aliphatic heterocycles. The number of anilines is 1. The smallest absolute Gasteiger partial charge is 0.0891 e. The van der Waals surface area contributed by atoms with Crippen molar-refractivity contribution in [2.45, 2.75) is 13.5 Å². The third kappa shape index (κ3) is 2.73. The topological polar surface area (TPSA) is 37.8 Å². The Hall–Kier alpha value is -2.13. The number of nitrogens with one attached hydrogen (secondary N) is 1. The average molecular weight is 284 g/mol. The molecule has 0 aliphatic carbocycles. The van der Waals surface area contributed by atoms with Gasteiger partial charge in [0.1, 0.15) is 0 Å². The molecular weight excluding hydrogens is 270 g/mol. The zero-order chi connectivity index (χ0) is 13.9. The average Bonchev–Trinajstić information content (AvgIpc) is 2.45. The first-order valence-electron chi connectivity index (χ1n) is 6.44. The molecule has 0 atom stereocenters. The van der Waals surface area contributed by atoms with E-state index in [1.165, 1.54) is 0 Å². The molecule has 100 valence electrons. The van der Waals surface area contributed by atoms with E-state index in [1.54, 1.807) is 0 Å². The second-order valence-electron chi connectivity index (χ2n) is 4.61. The summed E-state index contributed by atoms with van der Waals surface area (Å²) in [6.45, 7) is 2.61. The molecule has 4 heteroatoms. The van der Waals surface area contributed by atoms with E-state index in [1.807, 2.05) is 55.5 Å². The molecule has 0 saturated carbocycles. The quantitative estimate of drug-likeness (QED) is 0.783. The lowest BCUT2D eigenvalue weighted by molar-refractivity contribution is 0.998. The van der Waals surface area contributed by atoms with Crippen LogP contribution < -0.4 is 5.32 Å². The van der Waals surface area contributed by atoms with Gasteiger partial charge in [0.15, 0.2) is 0 Å². The van der Waals surface area contributed by atoms with Gasteiger partial charge in [0.2, 0.25) is 0 Å². The first-order valence-corrected chi connectivity index (χ1v) is 6.82. The van der Waals surface area contributed by atoms with Gasteiger partial charge >= 0.3 is 0 Å². The summed E-state index contributed by atoms with van der Waals surface area (Å²) in [6.07, 6.45) is 0. The van der Waals surface area contributed by atoms with E-state index in [9.17, 15) is 0 Å². The summed E-state index contributed by atoms with van der Waals surface area (Å²) in [5.41, 5.74) is 4.71. The molecule has 3 aromatic rings. The Morgan fingerprint density at radius 2 is 1.75 bits per heavy atom. The number of rotatable bonds is 3. The Bertz CT molecular complexity index is 756. The second-order valence-corrected chi connectivity index (χ2v) is 5.04. The van der Waals surface area contributed by atoms with Crippen LogP contribution >= 0.6 is 11.6 Å². The van der Waals surface area contributed by atoms with Crippen molar-refractivity contribution in [2.75, 3.05) is 5.32 Å². The summed E-state index contributed by atoms with van der Waals surface area (Å²) < 4.78 is 0. The fraction of sp³-hybridized carbons (Fsp3) is 0.125. The summed E-state index contributed by atoms with van der Waals surface area (Å²) in [5, 5.41) is 4.04. The molecule has 0 fully saturated rings. The Morgan fingerprint density at radius 3 is 2.50 bits per heavy atom. The number of aromatic nitrogens is 2. The fourth-order valence-corrected chi connectivity index (χ4v) is 2.27. The standard InChI is InChI=1S/C16H14ClN3/c1-11-16(10-18-13-6-4-5-12(17)9-13)20-15-8-3-2-7-14(15)19-11/h2-9,18H,10H2,1H3. The molecule has 0 amide bonds.